The molecule has 0 aliphatic rings. The number of halogens is 1. The molecule has 1 N–H and O–H groups in total. The maximum atomic E-state index is 11.9. The fourth-order valence-corrected chi connectivity index (χ4v) is 3.48. The Hall–Kier alpha value is -1.11. The van der Waals surface area contributed by atoms with Crippen molar-refractivity contribution in [3.8, 4) is 0 Å². The SMILES string of the molecule is CCCCc1nnc(NC(=O)CCSc2ccc(Cl)cc2)s1. The summed E-state index contributed by atoms with van der Waals surface area (Å²) in [7, 11) is 0. The van der Waals surface area contributed by atoms with Crippen molar-refractivity contribution < 1.29 is 4.79 Å². The normalized spacial score (nSPS) is 10.6. The Morgan fingerprint density at radius 1 is 1.32 bits per heavy atom. The van der Waals surface area contributed by atoms with Gasteiger partial charge in [-0.25, -0.2) is 0 Å². The molecule has 7 heteroatoms. The highest BCUT2D eigenvalue weighted by atomic mass is 35.5. The van der Waals surface area contributed by atoms with Crippen molar-refractivity contribution in [2.75, 3.05) is 11.1 Å². The van der Waals surface area contributed by atoms with Crippen LogP contribution in [0.1, 0.15) is 31.2 Å². The first-order chi connectivity index (χ1) is 10.7. The molecule has 0 aliphatic carbocycles. The zero-order valence-corrected chi connectivity index (χ0v) is 14.7. The van der Waals surface area contributed by atoms with Crippen molar-refractivity contribution in [2.24, 2.45) is 0 Å². The smallest absolute Gasteiger partial charge is 0.227 e. The van der Waals surface area contributed by atoms with Crippen LogP contribution < -0.4 is 5.32 Å². The summed E-state index contributed by atoms with van der Waals surface area (Å²) < 4.78 is 0. The number of carbonyl (C=O) groups is 1. The Bertz CT molecular complexity index is 601. The van der Waals surface area contributed by atoms with Gasteiger partial charge in [-0.1, -0.05) is 36.3 Å². The molecule has 0 spiro atoms. The van der Waals surface area contributed by atoms with Crippen LogP contribution in [0.25, 0.3) is 0 Å². The molecule has 1 heterocycles. The van der Waals surface area contributed by atoms with Gasteiger partial charge in [0, 0.05) is 28.5 Å². The fraction of sp³-hybridized carbons (Fsp3) is 0.400. The lowest BCUT2D eigenvalue weighted by Crippen LogP contribution is -2.11. The second-order valence-corrected chi connectivity index (χ2v) is 7.37. The third-order valence-corrected chi connectivity index (χ3v) is 5.03. The minimum atomic E-state index is -0.0281. The van der Waals surface area contributed by atoms with Crippen LogP contribution in [-0.4, -0.2) is 21.9 Å². The van der Waals surface area contributed by atoms with Gasteiger partial charge in [0.1, 0.15) is 5.01 Å². The number of rotatable bonds is 8. The number of carbonyl (C=O) groups excluding carboxylic acids is 1. The summed E-state index contributed by atoms with van der Waals surface area (Å²) in [6.07, 6.45) is 3.59. The van der Waals surface area contributed by atoms with E-state index in [1.165, 1.54) is 11.3 Å². The van der Waals surface area contributed by atoms with Gasteiger partial charge >= 0.3 is 0 Å². The number of benzene rings is 1. The molecule has 118 valence electrons. The Morgan fingerprint density at radius 3 is 2.82 bits per heavy atom. The van der Waals surface area contributed by atoms with Crippen molar-refractivity contribution in [3.05, 3.63) is 34.3 Å². The fourth-order valence-electron chi connectivity index (χ4n) is 1.71. The summed E-state index contributed by atoms with van der Waals surface area (Å²) >= 11 is 8.92. The first kappa shape index (κ1) is 17.2. The van der Waals surface area contributed by atoms with Crippen molar-refractivity contribution in [2.45, 2.75) is 37.5 Å². The van der Waals surface area contributed by atoms with Crippen LogP contribution in [-0.2, 0) is 11.2 Å². The lowest BCUT2D eigenvalue weighted by molar-refractivity contribution is -0.115. The van der Waals surface area contributed by atoms with Gasteiger partial charge in [0.05, 0.1) is 0 Å². The average Bonchev–Trinajstić information content (AvgIpc) is 2.94. The molecule has 0 bridgehead atoms. The highest BCUT2D eigenvalue weighted by Crippen LogP contribution is 2.21. The number of aryl methyl sites for hydroxylation is 1. The number of aromatic nitrogens is 2. The Balaban J connectivity index is 1.71. The van der Waals surface area contributed by atoms with E-state index in [2.05, 4.69) is 22.4 Å². The molecule has 4 nitrogen and oxygen atoms in total. The summed E-state index contributed by atoms with van der Waals surface area (Å²) in [6.45, 7) is 2.14. The van der Waals surface area contributed by atoms with Gasteiger partial charge < -0.3 is 5.32 Å². The topological polar surface area (TPSA) is 54.9 Å². The van der Waals surface area contributed by atoms with Crippen LogP contribution in [0.3, 0.4) is 0 Å². The zero-order chi connectivity index (χ0) is 15.8. The highest BCUT2D eigenvalue weighted by molar-refractivity contribution is 7.99. The second-order valence-electron chi connectivity index (χ2n) is 4.71. The standard InChI is InChI=1S/C15H18ClN3OS2/c1-2-3-4-14-18-19-15(22-14)17-13(20)9-10-21-12-7-5-11(16)6-8-12/h5-8H,2-4,9-10H2,1H3,(H,17,19,20). The van der Waals surface area contributed by atoms with Gasteiger partial charge in [0.25, 0.3) is 0 Å². The van der Waals surface area contributed by atoms with E-state index in [4.69, 9.17) is 11.6 Å². The molecule has 2 rings (SSSR count). The van der Waals surface area contributed by atoms with Gasteiger partial charge in [0.15, 0.2) is 0 Å². The van der Waals surface area contributed by atoms with E-state index in [1.807, 2.05) is 24.3 Å². The molecule has 0 atom stereocenters. The largest absolute Gasteiger partial charge is 0.301 e. The lowest BCUT2D eigenvalue weighted by atomic mass is 10.3. The summed E-state index contributed by atoms with van der Waals surface area (Å²) in [6, 6.07) is 7.61. The molecule has 0 saturated carbocycles. The van der Waals surface area contributed by atoms with E-state index in [-0.39, 0.29) is 5.91 Å². The van der Waals surface area contributed by atoms with E-state index in [0.717, 1.165) is 39.9 Å². The van der Waals surface area contributed by atoms with E-state index in [1.54, 1.807) is 11.8 Å². The maximum absolute atomic E-state index is 11.9. The average molecular weight is 356 g/mol. The molecule has 0 aliphatic heterocycles. The minimum Gasteiger partial charge on any atom is -0.301 e. The number of hydrogen-bond acceptors (Lipinski definition) is 5. The van der Waals surface area contributed by atoms with Crippen molar-refractivity contribution in [1.29, 1.82) is 0 Å². The van der Waals surface area contributed by atoms with Crippen LogP contribution in [0.2, 0.25) is 5.02 Å². The molecule has 0 fully saturated rings. The summed E-state index contributed by atoms with van der Waals surface area (Å²) in [5, 5.41) is 13.2. The predicted molar refractivity (Wildman–Crippen MR) is 93.9 cm³/mol. The Morgan fingerprint density at radius 2 is 2.09 bits per heavy atom. The van der Waals surface area contributed by atoms with Gasteiger partial charge in [-0.2, -0.15) is 0 Å². The first-order valence-corrected chi connectivity index (χ1v) is 9.36. The van der Waals surface area contributed by atoms with Crippen molar-refractivity contribution in [1.82, 2.24) is 10.2 Å². The molecule has 0 unspecified atom stereocenters. The monoisotopic (exact) mass is 355 g/mol. The highest BCUT2D eigenvalue weighted by Gasteiger charge is 2.08. The summed E-state index contributed by atoms with van der Waals surface area (Å²) in [4.78, 5) is 13.0. The second kappa shape index (κ2) is 9.12. The quantitative estimate of drug-likeness (QED) is 0.700. The number of nitrogens with one attached hydrogen (secondary N) is 1. The Labute approximate surface area is 143 Å². The molecular weight excluding hydrogens is 338 g/mol. The number of anilines is 1. The molecule has 0 radical (unpaired) electrons. The van der Waals surface area contributed by atoms with E-state index >= 15 is 0 Å². The van der Waals surface area contributed by atoms with Gasteiger partial charge in [-0.3, -0.25) is 4.79 Å². The van der Waals surface area contributed by atoms with Crippen LogP contribution in [0.4, 0.5) is 5.13 Å². The molecular formula is C15H18ClN3OS2. The van der Waals surface area contributed by atoms with Gasteiger partial charge in [-0.05, 0) is 30.7 Å². The van der Waals surface area contributed by atoms with Crippen LogP contribution in [0.5, 0.6) is 0 Å². The Kier molecular flexibility index (Phi) is 7.15. The number of thioether (sulfide) groups is 1. The maximum Gasteiger partial charge on any atom is 0.227 e. The van der Waals surface area contributed by atoms with Crippen molar-refractivity contribution >= 4 is 45.7 Å². The lowest BCUT2D eigenvalue weighted by Gasteiger charge is -2.02. The molecule has 2 aromatic rings. The zero-order valence-electron chi connectivity index (χ0n) is 12.3. The number of nitrogens with zero attached hydrogens (tertiary/aromatic N) is 2. The molecule has 0 saturated heterocycles. The number of unbranched alkanes of at least 4 members (excludes halogenated alkanes) is 1. The first-order valence-electron chi connectivity index (χ1n) is 7.18. The minimum absolute atomic E-state index is 0.0281. The third kappa shape index (κ3) is 5.94. The third-order valence-electron chi connectivity index (χ3n) is 2.87. The molecule has 1 aromatic heterocycles. The van der Waals surface area contributed by atoms with E-state index in [0.29, 0.717) is 11.6 Å². The molecule has 1 aromatic carbocycles. The number of amides is 1. The van der Waals surface area contributed by atoms with Crippen molar-refractivity contribution in [3.63, 3.8) is 0 Å². The van der Waals surface area contributed by atoms with Crippen LogP contribution >= 0.6 is 34.7 Å². The predicted octanol–water partition coefficient (Wildman–Crippen LogP) is 4.66. The van der Waals surface area contributed by atoms with Crippen LogP contribution in [0, 0.1) is 0 Å². The van der Waals surface area contributed by atoms with Crippen LogP contribution in [0.15, 0.2) is 29.2 Å². The van der Waals surface area contributed by atoms with Gasteiger partial charge in [-0.15, -0.1) is 22.0 Å². The summed E-state index contributed by atoms with van der Waals surface area (Å²) in [5.41, 5.74) is 0. The summed E-state index contributed by atoms with van der Waals surface area (Å²) in [5.74, 6) is 0.689. The van der Waals surface area contributed by atoms with E-state index in [9.17, 15) is 4.79 Å². The number of hydrogen-bond donors (Lipinski definition) is 1. The van der Waals surface area contributed by atoms with Gasteiger partial charge in [0.2, 0.25) is 11.0 Å². The van der Waals surface area contributed by atoms with E-state index < -0.39 is 0 Å². The molecule has 1 amide bonds. The molecule has 22 heavy (non-hydrogen) atoms.